The Kier molecular flexibility index (Phi) is 3.15. The summed E-state index contributed by atoms with van der Waals surface area (Å²) in [7, 11) is 0. The molecule has 0 spiro atoms. The van der Waals surface area contributed by atoms with Crippen molar-refractivity contribution < 1.29 is 4.39 Å². The fourth-order valence-corrected chi connectivity index (χ4v) is 2.80. The van der Waals surface area contributed by atoms with Crippen LogP contribution in [0.15, 0.2) is 53.0 Å². The molecule has 96 valence electrons. The van der Waals surface area contributed by atoms with Gasteiger partial charge in [0.15, 0.2) is 0 Å². The van der Waals surface area contributed by atoms with Crippen LogP contribution in [0.5, 0.6) is 0 Å². The first-order chi connectivity index (χ1) is 9.15. The zero-order valence-electron chi connectivity index (χ0n) is 10.5. The van der Waals surface area contributed by atoms with Crippen molar-refractivity contribution in [3.63, 3.8) is 0 Å². The molecule has 0 fully saturated rings. The van der Waals surface area contributed by atoms with E-state index in [0.717, 1.165) is 12.1 Å². The Balaban J connectivity index is 2.05. The molecule has 0 bridgehead atoms. The van der Waals surface area contributed by atoms with Gasteiger partial charge in [-0.3, -0.25) is 0 Å². The van der Waals surface area contributed by atoms with Crippen LogP contribution in [-0.2, 0) is 6.54 Å². The van der Waals surface area contributed by atoms with Crippen molar-refractivity contribution in [2.45, 2.75) is 13.5 Å². The van der Waals surface area contributed by atoms with Gasteiger partial charge in [0.1, 0.15) is 5.82 Å². The fraction of sp³-hybridized carbons (Fsp3) is 0.125. The second kappa shape index (κ2) is 4.82. The maximum Gasteiger partial charge on any atom is 0.137 e. The highest BCUT2D eigenvalue weighted by Crippen LogP contribution is 2.22. The molecule has 0 N–H and O–H groups in total. The normalized spacial score (nSPS) is 11.1. The molecule has 19 heavy (non-hydrogen) atoms. The third kappa shape index (κ3) is 2.30. The quantitative estimate of drug-likeness (QED) is 0.633. The standard InChI is InChI=1S/C16H13BrFN/c1-11-8-13-4-2-3-5-16(13)19(11)10-12-6-7-15(18)14(17)9-12/h2-9H,10H2,1H3. The van der Waals surface area contributed by atoms with E-state index in [-0.39, 0.29) is 5.82 Å². The minimum Gasteiger partial charge on any atom is -0.340 e. The van der Waals surface area contributed by atoms with Gasteiger partial charge in [-0.15, -0.1) is 0 Å². The summed E-state index contributed by atoms with van der Waals surface area (Å²) in [6.45, 7) is 2.84. The van der Waals surface area contributed by atoms with Gasteiger partial charge in [0.2, 0.25) is 0 Å². The smallest absolute Gasteiger partial charge is 0.137 e. The molecule has 3 aromatic rings. The molecule has 0 aliphatic heterocycles. The summed E-state index contributed by atoms with van der Waals surface area (Å²) in [5.74, 6) is -0.224. The molecule has 0 saturated heterocycles. The van der Waals surface area contributed by atoms with Crippen molar-refractivity contribution in [2.75, 3.05) is 0 Å². The van der Waals surface area contributed by atoms with E-state index < -0.39 is 0 Å². The van der Waals surface area contributed by atoms with Crippen LogP contribution < -0.4 is 0 Å². The third-order valence-corrected chi connectivity index (χ3v) is 3.95. The van der Waals surface area contributed by atoms with Crippen LogP contribution in [0.1, 0.15) is 11.3 Å². The number of para-hydroxylation sites is 1. The van der Waals surface area contributed by atoms with Crippen LogP contribution in [0.4, 0.5) is 4.39 Å². The number of hydrogen-bond acceptors (Lipinski definition) is 0. The highest BCUT2D eigenvalue weighted by atomic mass is 79.9. The zero-order valence-corrected chi connectivity index (χ0v) is 12.1. The van der Waals surface area contributed by atoms with E-state index in [1.807, 2.05) is 24.3 Å². The van der Waals surface area contributed by atoms with Gasteiger partial charge in [0, 0.05) is 17.8 Å². The highest BCUT2D eigenvalue weighted by Gasteiger charge is 2.07. The average molecular weight is 318 g/mol. The molecule has 0 aliphatic rings. The van der Waals surface area contributed by atoms with Crippen molar-refractivity contribution in [1.29, 1.82) is 0 Å². The van der Waals surface area contributed by atoms with Crippen molar-refractivity contribution >= 4 is 26.8 Å². The summed E-state index contributed by atoms with van der Waals surface area (Å²) in [6.07, 6.45) is 0. The van der Waals surface area contributed by atoms with Gasteiger partial charge < -0.3 is 4.57 Å². The van der Waals surface area contributed by atoms with Gasteiger partial charge in [0.25, 0.3) is 0 Å². The van der Waals surface area contributed by atoms with Crippen LogP contribution >= 0.6 is 15.9 Å². The number of rotatable bonds is 2. The molecule has 1 aromatic heterocycles. The lowest BCUT2D eigenvalue weighted by molar-refractivity contribution is 0.619. The Labute approximate surface area is 119 Å². The number of nitrogens with zero attached hydrogens (tertiary/aromatic N) is 1. The zero-order chi connectivity index (χ0) is 13.4. The summed E-state index contributed by atoms with van der Waals surface area (Å²) in [6, 6.07) is 15.6. The Morgan fingerprint density at radius 1 is 1.11 bits per heavy atom. The molecule has 1 nitrogen and oxygen atoms in total. The van der Waals surface area contributed by atoms with E-state index >= 15 is 0 Å². The third-order valence-electron chi connectivity index (χ3n) is 3.34. The monoisotopic (exact) mass is 317 g/mol. The molecule has 0 atom stereocenters. The maximum absolute atomic E-state index is 13.3. The van der Waals surface area contributed by atoms with Gasteiger partial charge >= 0.3 is 0 Å². The summed E-state index contributed by atoms with van der Waals surface area (Å²) in [4.78, 5) is 0. The predicted molar refractivity (Wildman–Crippen MR) is 79.9 cm³/mol. The Bertz CT molecular complexity index is 746. The molecular formula is C16H13BrFN. The predicted octanol–water partition coefficient (Wildman–Crippen LogP) is 4.90. The van der Waals surface area contributed by atoms with E-state index in [0.29, 0.717) is 4.47 Å². The molecule has 0 amide bonds. The van der Waals surface area contributed by atoms with Crippen LogP contribution in [0.2, 0.25) is 0 Å². The Hall–Kier alpha value is -1.61. The number of aryl methyl sites for hydroxylation is 1. The minimum atomic E-state index is -0.224. The minimum absolute atomic E-state index is 0.224. The summed E-state index contributed by atoms with van der Waals surface area (Å²) >= 11 is 3.23. The van der Waals surface area contributed by atoms with E-state index in [9.17, 15) is 4.39 Å². The molecular weight excluding hydrogens is 305 g/mol. The first kappa shape index (κ1) is 12.4. The van der Waals surface area contributed by atoms with Crippen LogP contribution in [-0.4, -0.2) is 4.57 Å². The van der Waals surface area contributed by atoms with E-state index in [2.05, 4.69) is 45.6 Å². The second-order valence-corrected chi connectivity index (χ2v) is 5.53. The lowest BCUT2D eigenvalue weighted by atomic mass is 10.2. The molecule has 0 unspecified atom stereocenters. The highest BCUT2D eigenvalue weighted by molar-refractivity contribution is 9.10. The summed E-state index contributed by atoms with van der Waals surface area (Å²) in [5.41, 5.74) is 3.50. The average Bonchev–Trinajstić information content (AvgIpc) is 2.71. The molecule has 1 heterocycles. The van der Waals surface area contributed by atoms with Crippen molar-refractivity contribution in [3.8, 4) is 0 Å². The maximum atomic E-state index is 13.3. The van der Waals surface area contributed by atoms with Crippen molar-refractivity contribution in [3.05, 3.63) is 70.1 Å². The van der Waals surface area contributed by atoms with Gasteiger partial charge in [-0.05, 0) is 58.1 Å². The Morgan fingerprint density at radius 3 is 2.68 bits per heavy atom. The first-order valence-electron chi connectivity index (χ1n) is 6.14. The van der Waals surface area contributed by atoms with Gasteiger partial charge in [-0.25, -0.2) is 4.39 Å². The Morgan fingerprint density at radius 2 is 1.89 bits per heavy atom. The topological polar surface area (TPSA) is 4.93 Å². The second-order valence-electron chi connectivity index (χ2n) is 4.68. The van der Waals surface area contributed by atoms with Crippen LogP contribution in [0.25, 0.3) is 10.9 Å². The van der Waals surface area contributed by atoms with Gasteiger partial charge in [0.05, 0.1) is 4.47 Å². The molecule has 3 heteroatoms. The van der Waals surface area contributed by atoms with Gasteiger partial charge in [-0.2, -0.15) is 0 Å². The molecule has 0 radical (unpaired) electrons. The SMILES string of the molecule is Cc1cc2ccccc2n1Cc1ccc(F)c(Br)c1. The van der Waals surface area contributed by atoms with Crippen molar-refractivity contribution in [1.82, 2.24) is 4.57 Å². The summed E-state index contributed by atoms with van der Waals surface area (Å²) < 4.78 is 16.0. The number of fused-ring (bicyclic) bond motifs is 1. The summed E-state index contributed by atoms with van der Waals surface area (Å²) in [5, 5.41) is 1.24. The first-order valence-corrected chi connectivity index (χ1v) is 6.93. The molecule has 2 aromatic carbocycles. The number of halogens is 2. The molecule has 3 rings (SSSR count). The van der Waals surface area contributed by atoms with E-state index in [1.165, 1.54) is 22.7 Å². The lowest BCUT2D eigenvalue weighted by Gasteiger charge is -2.09. The molecule has 0 saturated carbocycles. The number of hydrogen-bond donors (Lipinski definition) is 0. The van der Waals surface area contributed by atoms with Crippen LogP contribution in [0, 0.1) is 12.7 Å². The molecule has 0 aliphatic carbocycles. The number of aromatic nitrogens is 1. The van der Waals surface area contributed by atoms with E-state index in [1.54, 1.807) is 0 Å². The van der Waals surface area contributed by atoms with Crippen molar-refractivity contribution in [2.24, 2.45) is 0 Å². The number of benzene rings is 2. The van der Waals surface area contributed by atoms with Gasteiger partial charge in [-0.1, -0.05) is 24.3 Å². The lowest BCUT2D eigenvalue weighted by Crippen LogP contribution is -2.01. The fourth-order valence-electron chi connectivity index (χ4n) is 2.38. The largest absolute Gasteiger partial charge is 0.340 e. The van der Waals surface area contributed by atoms with Crippen LogP contribution in [0.3, 0.4) is 0 Å². The van der Waals surface area contributed by atoms with E-state index in [4.69, 9.17) is 0 Å².